The van der Waals surface area contributed by atoms with E-state index in [2.05, 4.69) is 0 Å². The highest BCUT2D eigenvalue weighted by Gasteiger charge is 2.21. The van der Waals surface area contributed by atoms with Gasteiger partial charge in [-0.25, -0.2) is 0 Å². The fourth-order valence-electron chi connectivity index (χ4n) is 1.67. The summed E-state index contributed by atoms with van der Waals surface area (Å²) in [5.74, 6) is -0.190. The number of methoxy groups -OCH3 is 1. The molecule has 0 saturated carbocycles. The minimum absolute atomic E-state index is 0.262. The van der Waals surface area contributed by atoms with Gasteiger partial charge < -0.3 is 4.74 Å². The number of hydrogen-bond donors (Lipinski definition) is 0. The second-order valence-electron chi connectivity index (χ2n) is 3.54. The quantitative estimate of drug-likeness (QED) is 0.587. The van der Waals surface area contributed by atoms with Crippen molar-refractivity contribution in [3.05, 3.63) is 27.3 Å². The fraction of sp³-hybridized carbons (Fsp3) is 0.333. The predicted octanol–water partition coefficient (Wildman–Crippen LogP) is 2.98. The van der Waals surface area contributed by atoms with Crippen molar-refractivity contribution >= 4 is 17.4 Å². The number of rotatable bonds is 2. The van der Waals surface area contributed by atoms with E-state index in [0.717, 1.165) is 11.1 Å². The topological polar surface area (TPSA) is 50.1 Å². The van der Waals surface area contributed by atoms with E-state index in [1.54, 1.807) is 13.0 Å². The lowest BCUT2D eigenvalue weighted by molar-refractivity contribution is 0.105. The van der Waals surface area contributed by atoms with Crippen molar-refractivity contribution in [2.75, 3.05) is 7.11 Å². The fourth-order valence-corrected chi connectivity index (χ4v) is 1.90. The van der Waals surface area contributed by atoms with Crippen molar-refractivity contribution in [2.24, 2.45) is 0 Å². The number of ketones is 1. The Hall–Kier alpha value is -1.53. The van der Waals surface area contributed by atoms with Crippen LogP contribution in [0.25, 0.3) is 0 Å². The van der Waals surface area contributed by atoms with Gasteiger partial charge in [0.25, 0.3) is 5.78 Å². The summed E-state index contributed by atoms with van der Waals surface area (Å²) in [4.78, 5) is 11.5. The van der Waals surface area contributed by atoms with Gasteiger partial charge in [0, 0.05) is 5.02 Å². The number of nitrogens with zero attached hydrogens (tertiary/aromatic N) is 1. The van der Waals surface area contributed by atoms with E-state index in [0.29, 0.717) is 16.3 Å². The minimum atomic E-state index is -0.626. The molecule has 3 nitrogen and oxygen atoms in total. The molecule has 0 aliphatic heterocycles. The normalized spacial score (nSPS) is 9.75. The average molecular weight is 238 g/mol. The van der Waals surface area contributed by atoms with Gasteiger partial charge >= 0.3 is 0 Å². The summed E-state index contributed by atoms with van der Waals surface area (Å²) in [7, 11) is 1.48. The predicted molar refractivity (Wildman–Crippen MR) is 62.2 cm³/mol. The maximum absolute atomic E-state index is 11.5. The highest BCUT2D eigenvalue weighted by atomic mass is 35.5. The number of nitriles is 1. The van der Waals surface area contributed by atoms with Crippen LogP contribution in [0.4, 0.5) is 0 Å². The molecule has 0 bridgehead atoms. The van der Waals surface area contributed by atoms with Gasteiger partial charge in [0.15, 0.2) is 0 Å². The van der Waals surface area contributed by atoms with Crippen LogP contribution in [-0.4, -0.2) is 12.9 Å². The van der Waals surface area contributed by atoms with Crippen LogP contribution < -0.4 is 4.74 Å². The van der Waals surface area contributed by atoms with Gasteiger partial charge in [0.05, 0.1) is 12.7 Å². The van der Waals surface area contributed by atoms with Crippen LogP contribution in [0.5, 0.6) is 5.75 Å². The minimum Gasteiger partial charge on any atom is -0.496 e. The van der Waals surface area contributed by atoms with Crippen LogP contribution in [0, 0.1) is 32.1 Å². The Morgan fingerprint density at radius 1 is 1.25 bits per heavy atom. The van der Waals surface area contributed by atoms with Crippen LogP contribution in [0.3, 0.4) is 0 Å². The molecule has 0 N–H and O–H groups in total. The number of Topliss-reactive ketones (excluding diaryl/α,β-unsaturated/α-hetero) is 1. The molecule has 0 aliphatic carbocycles. The molecule has 0 aromatic heterocycles. The first kappa shape index (κ1) is 12.5. The third kappa shape index (κ3) is 1.77. The number of halogens is 1. The molecule has 84 valence electrons. The monoisotopic (exact) mass is 237 g/mol. The van der Waals surface area contributed by atoms with E-state index in [-0.39, 0.29) is 5.56 Å². The maximum atomic E-state index is 11.5. The molecule has 16 heavy (non-hydrogen) atoms. The average Bonchev–Trinajstić information content (AvgIpc) is 2.29. The zero-order chi connectivity index (χ0) is 12.5. The zero-order valence-electron chi connectivity index (χ0n) is 9.64. The van der Waals surface area contributed by atoms with E-state index in [9.17, 15) is 4.79 Å². The second kappa shape index (κ2) is 4.54. The molecule has 4 heteroatoms. The van der Waals surface area contributed by atoms with Crippen LogP contribution >= 0.6 is 11.6 Å². The number of benzene rings is 1. The van der Waals surface area contributed by atoms with Gasteiger partial charge in [0.1, 0.15) is 11.8 Å². The summed E-state index contributed by atoms with van der Waals surface area (Å²) in [5.41, 5.74) is 2.51. The first-order valence-corrected chi connectivity index (χ1v) is 5.11. The van der Waals surface area contributed by atoms with E-state index in [4.69, 9.17) is 21.6 Å². The Labute approximate surface area is 99.6 Å². The molecule has 0 fully saturated rings. The molecule has 0 saturated heterocycles. The van der Waals surface area contributed by atoms with Gasteiger partial charge in [-0.1, -0.05) is 11.6 Å². The van der Waals surface area contributed by atoms with E-state index >= 15 is 0 Å². The highest BCUT2D eigenvalue weighted by Crippen LogP contribution is 2.35. The van der Waals surface area contributed by atoms with Crippen LogP contribution in [0.15, 0.2) is 0 Å². The van der Waals surface area contributed by atoms with Crippen molar-refractivity contribution in [3.8, 4) is 11.8 Å². The molecule has 0 unspecified atom stereocenters. The summed E-state index contributed by atoms with van der Waals surface area (Å²) in [5, 5.41) is 9.20. The Bertz CT molecular complexity index is 501. The van der Waals surface area contributed by atoms with Gasteiger partial charge in [-0.3, -0.25) is 4.79 Å². The Morgan fingerprint density at radius 2 is 1.81 bits per heavy atom. The lowest BCUT2D eigenvalue weighted by Crippen LogP contribution is -2.06. The number of carbonyl (C=O) groups is 1. The van der Waals surface area contributed by atoms with Crippen molar-refractivity contribution in [1.82, 2.24) is 0 Å². The van der Waals surface area contributed by atoms with Crippen molar-refractivity contribution in [1.29, 1.82) is 5.26 Å². The molecule has 0 radical (unpaired) electrons. The molecular weight excluding hydrogens is 226 g/mol. The molecule has 0 aliphatic rings. The largest absolute Gasteiger partial charge is 0.496 e. The van der Waals surface area contributed by atoms with Crippen LogP contribution in [-0.2, 0) is 0 Å². The molecule has 1 aromatic carbocycles. The van der Waals surface area contributed by atoms with Gasteiger partial charge in [-0.2, -0.15) is 5.26 Å². The molecule has 1 rings (SSSR count). The Balaban J connectivity index is 3.72. The SMILES string of the molecule is COc1c(C)c(C)c(Cl)c(C)c1C(=O)C#N. The van der Waals surface area contributed by atoms with E-state index in [1.165, 1.54) is 7.11 Å². The molecular formula is C12H12ClNO2. The molecule has 1 aromatic rings. The molecule has 0 amide bonds. The van der Waals surface area contributed by atoms with Crippen molar-refractivity contribution in [2.45, 2.75) is 20.8 Å². The summed E-state index contributed by atoms with van der Waals surface area (Å²) < 4.78 is 5.19. The number of ether oxygens (including phenoxy) is 1. The summed E-state index contributed by atoms with van der Waals surface area (Å²) in [6.45, 7) is 5.38. The van der Waals surface area contributed by atoms with Gasteiger partial charge in [-0.05, 0) is 37.5 Å². The van der Waals surface area contributed by atoms with Crippen LogP contribution in [0.2, 0.25) is 5.02 Å². The first-order valence-electron chi connectivity index (χ1n) is 4.73. The van der Waals surface area contributed by atoms with Crippen molar-refractivity contribution in [3.63, 3.8) is 0 Å². The number of carbonyl (C=O) groups excluding carboxylic acids is 1. The van der Waals surface area contributed by atoms with Crippen molar-refractivity contribution < 1.29 is 9.53 Å². The molecule has 0 heterocycles. The van der Waals surface area contributed by atoms with Gasteiger partial charge in [-0.15, -0.1) is 0 Å². The zero-order valence-corrected chi connectivity index (χ0v) is 10.4. The Morgan fingerprint density at radius 3 is 2.25 bits per heavy atom. The third-order valence-corrected chi connectivity index (χ3v) is 3.26. The molecule has 0 atom stereocenters. The summed E-state index contributed by atoms with van der Waals surface area (Å²) in [6.07, 6.45) is 0. The first-order chi connectivity index (χ1) is 7.45. The lowest BCUT2D eigenvalue weighted by Gasteiger charge is -2.15. The molecule has 0 spiro atoms. The standard InChI is InChI=1S/C12H12ClNO2/c1-6-7(2)12(16-4)10(9(15)5-14)8(3)11(6)13/h1-4H3. The highest BCUT2D eigenvalue weighted by molar-refractivity contribution is 6.33. The van der Waals surface area contributed by atoms with E-state index < -0.39 is 5.78 Å². The summed E-state index contributed by atoms with van der Waals surface area (Å²) >= 11 is 6.10. The third-order valence-electron chi connectivity index (χ3n) is 2.70. The summed E-state index contributed by atoms with van der Waals surface area (Å²) in [6, 6.07) is 1.59. The number of hydrogen-bond acceptors (Lipinski definition) is 3. The van der Waals surface area contributed by atoms with E-state index in [1.807, 2.05) is 13.8 Å². The Kier molecular flexibility index (Phi) is 3.56. The van der Waals surface area contributed by atoms with Gasteiger partial charge in [0.2, 0.25) is 0 Å². The van der Waals surface area contributed by atoms with Crippen LogP contribution in [0.1, 0.15) is 27.0 Å². The lowest BCUT2D eigenvalue weighted by atomic mass is 9.96. The smallest absolute Gasteiger partial charge is 0.266 e. The second-order valence-corrected chi connectivity index (χ2v) is 3.92. The maximum Gasteiger partial charge on any atom is 0.266 e.